The van der Waals surface area contributed by atoms with Crippen molar-refractivity contribution >= 4 is 82.7 Å². The second kappa shape index (κ2) is 18.3. The van der Waals surface area contributed by atoms with E-state index in [4.69, 9.17) is 0 Å². The number of thiophene rings is 1. The summed E-state index contributed by atoms with van der Waals surface area (Å²) in [5.74, 6) is 0. The third-order valence-electron chi connectivity index (χ3n) is 14.6. The molecular weight excluding hydrogens is 903 g/mol. The molecule has 11 aromatic carbocycles. The number of anilines is 9. The zero-order valence-corrected chi connectivity index (χ0v) is 41.5. The second-order valence-corrected chi connectivity index (χ2v) is 20.5. The molecule has 0 atom stereocenters. The lowest BCUT2D eigenvalue weighted by Gasteiger charge is -2.30. The summed E-state index contributed by atoms with van der Waals surface area (Å²) < 4.78 is 2.52. The van der Waals surface area contributed by atoms with Crippen LogP contribution in [0.1, 0.15) is 25.0 Å². The first kappa shape index (κ1) is 44.0. The molecule has 0 spiro atoms. The molecule has 1 aromatic heterocycles. The van der Waals surface area contributed by atoms with Crippen molar-refractivity contribution in [2.24, 2.45) is 0 Å². The highest BCUT2D eigenvalue weighted by Crippen LogP contribution is 2.52. The minimum absolute atomic E-state index is 0.157. The standard InChI is InChI=1S/C69H51N3S/c1-69(2)65-35-16-15-34-61(65)62-40-37-60(47-66(62)69)72(58-33-19-32-57(45-58)71(54-28-13-6-14-29-54)56-31-17-22-49(42-56)48-20-7-3-8-21-48)59-38-41-67-64(46-59)63-39-36-51(44-68(63)73-67)50-23-18-30-55(43-50)70(52-24-9-4-10-25-52)53-26-11-5-12-27-53/h3-47H,1-2H3. The first-order valence-corrected chi connectivity index (χ1v) is 25.9. The fourth-order valence-corrected chi connectivity index (χ4v) is 12.2. The Labute approximate surface area is 431 Å². The zero-order valence-electron chi connectivity index (χ0n) is 40.7. The van der Waals surface area contributed by atoms with Gasteiger partial charge >= 0.3 is 0 Å². The Bertz CT molecular complexity index is 3920. The molecule has 73 heavy (non-hydrogen) atoms. The third kappa shape index (κ3) is 8.03. The Kier molecular flexibility index (Phi) is 11.1. The number of rotatable bonds is 11. The van der Waals surface area contributed by atoms with Crippen molar-refractivity contribution in [1.29, 1.82) is 0 Å². The number of hydrogen-bond acceptors (Lipinski definition) is 4. The van der Waals surface area contributed by atoms with Crippen LogP contribution in [-0.4, -0.2) is 0 Å². The lowest BCUT2D eigenvalue weighted by molar-refractivity contribution is 0.660. The van der Waals surface area contributed by atoms with Crippen molar-refractivity contribution in [3.63, 3.8) is 0 Å². The van der Waals surface area contributed by atoms with Crippen molar-refractivity contribution in [2.75, 3.05) is 14.7 Å². The highest BCUT2D eigenvalue weighted by Gasteiger charge is 2.36. The van der Waals surface area contributed by atoms with E-state index in [-0.39, 0.29) is 5.41 Å². The third-order valence-corrected chi connectivity index (χ3v) is 15.7. The molecule has 12 aromatic rings. The lowest BCUT2D eigenvalue weighted by atomic mass is 9.82. The average molecular weight is 954 g/mol. The minimum Gasteiger partial charge on any atom is -0.310 e. The van der Waals surface area contributed by atoms with Crippen molar-refractivity contribution in [1.82, 2.24) is 0 Å². The fraction of sp³-hybridized carbons (Fsp3) is 0.0435. The number of benzene rings is 11. The Balaban J connectivity index is 0.931. The number of fused-ring (bicyclic) bond motifs is 6. The molecule has 0 aliphatic heterocycles. The van der Waals surface area contributed by atoms with Crippen molar-refractivity contribution < 1.29 is 0 Å². The fourth-order valence-electron chi connectivity index (χ4n) is 11.0. The van der Waals surface area contributed by atoms with Gasteiger partial charge in [-0.3, -0.25) is 0 Å². The molecule has 1 aliphatic rings. The zero-order chi connectivity index (χ0) is 48.9. The van der Waals surface area contributed by atoms with Gasteiger partial charge in [-0.15, -0.1) is 11.3 Å². The first-order valence-electron chi connectivity index (χ1n) is 25.1. The van der Waals surface area contributed by atoms with Gasteiger partial charge in [0.1, 0.15) is 0 Å². The van der Waals surface area contributed by atoms with E-state index in [1.54, 1.807) is 0 Å². The Morgan fingerprint density at radius 2 is 0.685 bits per heavy atom. The molecule has 0 N–H and O–H groups in total. The molecule has 3 nitrogen and oxygen atoms in total. The molecule has 13 rings (SSSR count). The summed E-state index contributed by atoms with van der Waals surface area (Å²) in [5, 5.41) is 2.50. The van der Waals surface area contributed by atoms with E-state index in [1.807, 2.05) is 11.3 Å². The second-order valence-electron chi connectivity index (χ2n) is 19.4. The molecule has 0 amide bonds. The van der Waals surface area contributed by atoms with Crippen LogP contribution in [0.15, 0.2) is 273 Å². The van der Waals surface area contributed by atoms with Crippen LogP contribution in [0.25, 0.3) is 53.6 Å². The van der Waals surface area contributed by atoms with E-state index in [0.717, 1.165) is 51.2 Å². The van der Waals surface area contributed by atoms with Gasteiger partial charge in [-0.05, 0) is 160 Å². The molecule has 0 fully saturated rings. The van der Waals surface area contributed by atoms with E-state index in [9.17, 15) is 0 Å². The highest BCUT2D eigenvalue weighted by molar-refractivity contribution is 7.25. The van der Waals surface area contributed by atoms with Gasteiger partial charge in [-0.2, -0.15) is 0 Å². The van der Waals surface area contributed by atoms with E-state index in [2.05, 4.69) is 302 Å². The van der Waals surface area contributed by atoms with Crippen LogP contribution in [0, 0.1) is 0 Å². The summed E-state index contributed by atoms with van der Waals surface area (Å²) in [4.78, 5) is 7.16. The van der Waals surface area contributed by atoms with Crippen molar-refractivity contribution in [2.45, 2.75) is 19.3 Å². The smallest absolute Gasteiger partial charge is 0.0482 e. The van der Waals surface area contributed by atoms with Crippen molar-refractivity contribution in [3.05, 3.63) is 284 Å². The molecule has 0 saturated heterocycles. The monoisotopic (exact) mass is 953 g/mol. The molecule has 0 saturated carbocycles. The maximum Gasteiger partial charge on any atom is 0.0482 e. The molecule has 1 aliphatic carbocycles. The van der Waals surface area contributed by atoms with E-state index < -0.39 is 0 Å². The van der Waals surface area contributed by atoms with Crippen LogP contribution >= 0.6 is 11.3 Å². The molecule has 0 unspecified atom stereocenters. The van der Waals surface area contributed by atoms with E-state index in [1.165, 1.54) is 64.7 Å². The maximum atomic E-state index is 2.46. The topological polar surface area (TPSA) is 9.72 Å². The van der Waals surface area contributed by atoms with Gasteiger partial charge in [-0.25, -0.2) is 0 Å². The number of para-hydroxylation sites is 3. The van der Waals surface area contributed by atoms with Gasteiger partial charge in [0.15, 0.2) is 0 Å². The highest BCUT2D eigenvalue weighted by atomic mass is 32.1. The van der Waals surface area contributed by atoms with Crippen LogP contribution in [0.2, 0.25) is 0 Å². The summed E-state index contributed by atoms with van der Waals surface area (Å²) in [7, 11) is 0. The van der Waals surface area contributed by atoms with Gasteiger partial charge in [-0.1, -0.05) is 172 Å². The van der Waals surface area contributed by atoms with Crippen LogP contribution in [0.4, 0.5) is 51.2 Å². The molecule has 4 heteroatoms. The van der Waals surface area contributed by atoms with E-state index in [0.29, 0.717) is 0 Å². The summed E-state index contributed by atoms with van der Waals surface area (Å²) in [5.41, 5.74) is 19.8. The summed E-state index contributed by atoms with van der Waals surface area (Å²) in [6.07, 6.45) is 0. The number of nitrogens with zero attached hydrogens (tertiary/aromatic N) is 3. The predicted molar refractivity (Wildman–Crippen MR) is 312 cm³/mol. The largest absolute Gasteiger partial charge is 0.310 e. The Morgan fingerprint density at radius 1 is 0.260 bits per heavy atom. The SMILES string of the molecule is CC1(C)c2ccccc2-c2ccc(N(c3cccc(N(c4ccccc4)c4cccc(-c5ccccc5)c4)c3)c3ccc4sc5cc(-c6cccc(N(c7ccccc7)c7ccccc7)c6)ccc5c4c3)cc21. The normalized spacial score (nSPS) is 12.4. The minimum atomic E-state index is -0.157. The van der Waals surface area contributed by atoms with Gasteiger partial charge in [0, 0.05) is 76.8 Å². The molecule has 0 radical (unpaired) electrons. The van der Waals surface area contributed by atoms with Gasteiger partial charge in [0.25, 0.3) is 0 Å². The first-order chi connectivity index (χ1) is 35.9. The van der Waals surface area contributed by atoms with Crippen LogP contribution in [0.3, 0.4) is 0 Å². The van der Waals surface area contributed by atoms with E-state index >= 15 is 0 Å². The summed E-state index contributed by atoms with van der Waals surface area (Å²) >= 11 is 1.86. The van der Waals surface area contributed by atoms with Crippen LogP contribution in [0.5, 0.6) is 0 Å². The number of hydrogen-bond donors (Lipinski definition) is 0. The van der Waals surface area contributed by atoms with Gasteiger partial charge in [0.05, 0.1) is 0 Å². The van der Waals surface area contributed by atoms with Crippen LogP contribution < -0.4 is 14.7 Å². The molecule has 1 heterocycles. The predicted octanol–water partition coefficient (Wildman–Crippen LogP) is 20.1. The Hall–Kier alpha value is -8.96. The summed E-state index contributed by atoms with van der Waals surface area (Å²) in [6, 6.07) is 99.5. The van der Waals surface area contributed by atoms with Gasteiger partial charge < -0.3 is 14.7 Å². The Morgan fingerprint density at radius 3 is 1.32 bits per heavy atom. The molecule has 0 bridgehead atoms. The van der Waals surface area contributed by atoms with Gasteiger partial charge in [0.2, 0.25) is 0 Å². The van der Waals surface area contributed by atoms with Crippen LogP contribution in [-0.2, 0) is 5.41 Å². The summed E-state index contributed by atoms with van der Waals surface area (Å²) in [6.45, 7) is 4.73. The average Bonchev–Trinajstić information content (AvgIpc) is 3.93. The maximum absolute atomic E-state index is 2.46. The quantitative estimate of drug-likeness (QED) is 0.128. The van der Waals surface area contributed by atoms with Crippen molar-refractivity contribution in [3.8, 4) is 33.4 Å². The molecular formula is C69H51N3S. The molecule has 348 valence electrons. The lowest BCUT2D eigenvalue weighted by Crippen LogP contribution is -2.17.